The van der Waals surface area contributed by atoms with Crippen molar-refractivity contribution in [3.63, 3.8) is 0 Å². The zero-order valence-corrected chi connectivity index (χ0v) is 21.1. The van der Waals surface area contributed by atoms with Gasteiger partial charge in [-0.1, -0.05) is 44.2 Å². The predicted molar refractivity (Wildman–Crippen MR) is 141 cm³/mol. The molecule has 1 aliphatic rings. The summed E-state index contributed by atoms with van der Waals surface area (Å²) in [6, 6.07) is 22.1. The molecule has 0 saturated carbocycles. The maximum atomic E-state index is 13.6. The molecule has 194 valence electrons. The average Bonchev–Trinajstić information content (AvgIpc) is 3.55. The van der Waals surface area contributed by atoms with Crippen LogP contribution in [0.2, 0.25) is 0 Å². The van der Waals surface area contributed by atoms with E-state index in [1.165, 1.54) is 17.0 Å². The highest BCUT2D eigenvalue weighted by atomic mass is 19.1. The van der Waals surface area contributed by atoms with Gasteiger partial charge in [0, 0.05) is 23.7 Å². The number of hydrogen-bond donors (Lipinski definition) is 1. The first-order valence-electron chi connectivity index (χ1n) is 12.3. The highest BCUT2D eigenvalue weighted by Gasteiger charge is 2.24. The summed E-state index contributed by atoms with van der Waals surface area (Å²) in [6.45, 7) is 4.28. The lowest BCUT2D eigenvalue weighted by atomic mass is 10.1. The number of aromatic nitrogens is 2. The van der Waals surface area contributed by atoms with Crippen LogP contribution in [0.4, 0.5) is 10.2 Å². The van der Waals surface area contributed by atoms with Crippen LogP contribution in [0.3, 0.4) is 0 Å². The van der Waals surface area contributed by atoms with Crippen molar-refractivity contribution in [1.82, 2.24) is 14.7 Å². The monoisotopic (exact) mass is 514 g/mol. The summed E-state index contributed by atoms with van der Waals surface area (Å²) >= 11 is 0. The molecule has 0 spiro atoms. The van der Waals surface area contributed by atoms with Gasteiger partial charge in [0.05, 0.1) is 11.4 Å². The largest absolute Gasteiger partial charge is 0.454 e. The number of nitrogens with zero attached hydrogens (tertiary/aromatic N) is 3. The molecule has 8 nitrogen and oxygen atoms in total. The number of carbonyl (C=O) groups excluding carboxylic acids is 2. The summed E-state index contributed by atoms with van der Waals surface area (Å²) in [5.41, 5.74) is 2.49. The summed E-state index contributed by atoms with van der Waals surface area (Å²) in [6.07, 6.45) is 0. The van der Waals surface area contributed by atoms with Crippen LogP contribution < -0.4 is 14.8 Å². The first-order valence-corrected chi connectivity index (χ1v) is 12.3. The highest BCUT2D eigenvalue weighted by Crippen LogP contribution is 2.33. The van der Waals surface area contributed by atoms with E-state index in [9.17, 15) is 14.0 Å². The Bertz CT molecular complexity index is 1450. The van der Waals surface area contributed by atoms with Crippen molar-refractivity contribution in [3.8, 4) is 28.4 Å². The van der Waals surface area contributed by atoms with Gasteiger partial charge in [0.2, 0.25) is 12.7 Å². The lowest BCUT2D eigenvalue weighted by Gasteiger charge is -2.24. The van der Waals surface area contributed by atoms with Gasteiger partial charge in [-0.2, -0.15) is 5.10 Å². The summed E-state index contributed by atoms with van der Waals surface area (Å²) in [5.74, 6) is 0.572. The van der Waals surface area contributed by atoms with Crippen LogP contribution in [0, 0.1) is 11.7 Å². The number of anilines is 1. The third-order valence-electron chi connectivity index (χ3n) is 5.94. The van der Waals surface area contributed by atoms with Crippen LogP contribution in [-0.2, 0) is 4.79 Å². The molecule has 9 heteroatoms. The van der Waals surface area contributed by atoms with Gasteiger partial charge in [-0.15, -0.1) is 0 Å². The maximum Gasteiger partial charge on any atom is 0.254 e. The molecule has 3 aromatic carbocycles. The number of carbonyl (C=O) groups is 2. The SMILES string of the molecule is CC(C)CN(CC(=O)Nc1cc(-c2ccccc2)nn1-c1ccc(F)cc1)C(=O)c1ccc2c(c1)OCO2. The minimum absolute atomic E-state index is 0.109. The van der Waals surface area contributed by atoms with Gasteiger partial charge in [-0.25, -0.2) is 9.07 Å². The van der Waals surface area contributed by atoms with Crippen molar-refractivity contribution in [1.29, 1.82) is 0 Å². The maximum absolute atomic E-state index is 13.6. The molecule has 0 fully saturated rings. The first kappa shape index (κ1) is 25.0. The van der Waals surface area contributed by atoms with E-state index in [1.54, 1.807) is 41.1 Å². The molecular weight excluding hydrogens is 487 g/mol. The van der Waals surface area contributed by atoms with Gasteiger partial charge < -0.3 is 19.7 Å². The molecule has 0 bridgehead atoms. The molecular formula is C29H27FN4O4. The summed E-state index contributed by atoms with van der Waals surface area (Å²) < 4.78 is 25.9. The minimum atomic E-state index is -0.386. The van der Waals surface area contributed by atoms with E-state index in [2.05, 4.69) is 10.4 Å². The van der Waals surface area contributed by atoms with E-state index in [-0.39, 0.29) is 36.9 Å². The predicted octanol–water partition coefficient (Wildman–Crippen LogP) is 5.14. The molecule has 4 aromatic rings. The van der Waals surface area contributed by atoms with Crippen LogP contribution in [0.25, 0.3) is 16.9 Å². The molecule has 0 unspecified atom stereocenters. The van der Waals surface area contributed by atoms with E-state index in [0.29, 0.717) is 40.8 Å². The third kappa shape index (κ3) is 5.51. The van der Waals surface area contributed by atoms with Gasteiger partial charge in [0.1, 0.15) is 18.2 Å². The number of hydrogen-bond acceptors (Lipinski definition) is 5. The first-order chi connectivity index (χ1) is 18.4. The Morgan fingerprint density at radius 1 is 1.00 bits per heavy atom. The molecule has 38 heavy (non-hydrogen) atoms. The Morgan fingerprint density at radius 2 is 1.74 bits per heavy atom. The van der Waals surface area contributed by atoms with E-state index in [4.69, 9.17) is 9.47 Å². The minimum Gasteiger partial charge on any atom is -0.454 e. The van der Waals surface area contributed by atoms with Gasteiger partial charge in [-0.05, 0) is 48.4 Å². The fourth-order valence-electron chi connectivity index (χ4n) is 4.23. The topological polar surface area (TPSA) is 85.7 Å². The number of benzene rings is 3. The van der Waals surface area contributed by atoms with E-state index in [0.717, 1.165) is 5.56 Å². The van der Waals surface area contributed by atoms with Crippen LogP contribution in [0.5, 0.6) is 11.5 Å². The molecule has 1 N–H and O–H groups in total. The molecule has 0 atom stereocenters. The Morgan fingerprint density at radius 3 is 2.47 bits per heavy atom. The standard InChI is InChI=1S/C29H27FN4O4/c1-19(2)16-33(29(36)21-8-13-25-26(14-21)38-18-37-25)17-28(35)31-27-15-24(20-6-4-3-5-7-20)32-34(27)23-11-9-22(30)10-12-23/h3-15,19H,16-18H2,1-2H3,(H,31,35). The lowest BCUT2D eigenvalue weighted by molar-refractivity contribution is -0.117. The van der Waals surface area contributed by atoms with Crippen molar-refractivity contribution in [3.05, 3.63) is 90.2 Å². The Labute approximate surface area is 219 Å². The van der Waals surface area contributed by atoms with Gasteiger partial charge in [0.15, 0.2) is 11.5 Å². The Balaban J connectivity index is 1.40. The number of halogens is 1. The number of ether oxygens (including phenoxy) is 2. The smallest absolute Gasteiger partial charge is 0.254 e. The molecule has 1 aromatic heterocycles. The number of amides is 2. The highest BCUT2D eigenvalue weighted by molar-refractivity contribution is 5.99. The zero-order chi connectivity index (χ0) is 26.6. The summed E-state index contributed by atoms with van der Waals surface area (Å²) in [7, 11) is 0. The molecule has 0 aliphatic carbocycles. The van der Waals surface area contributed by atoms with Gasteiger partial charge >= 0.3 is 0 Å². The number of nitrogens with one attached hydrogen (secondary N) is 1. The normalized spacial score (nSPS) is 12.0. The number of fused-ring (bicyclic) bond motifs is 1. The zero-order valence-electron chi connectivity index (χ0n) is 21.1. The molecule has 5 rings (SSSR count). The van der Waals surface area contributed by atoms with E-state index >= 15 is 0 Å². The van der Waals surface area contributed by atoms with Crippen molar-refractivity contribution in [2.24, 2.45) is 5.92 Å². The van der Waals surface area contributed by atoms with E-state index in [1.807, 2.05) is 44.2 Å². The van der Waals surface area contributed by atoms with Crippen LogP contribution in [-0.4, -0.2) is 46.4 Å². The number of rotatable bonds is 8. The van der Waals surface area contributed by atoms with Crippen molar-refractivity contribution >= 4 is 17.6 Å². The molecule has 0 radical (unpaired) electrons. The van der Waals surface area contributed by atoms with Crippen molar-refractivity contribution in [2.45, 2.75) is 13.8 Å². The Hall–Kier alpha value is -4.66. The second kappa shape index (κ2) is 10.8. The third-order valence-corrected chi connectivity index (χ3v) is 5.94. The van der Waals surface area contributed by atoms with Crippen LogP contribution in [0.1, 0.15) is 24.2 Å². The summed E-state index contributed by atoms with van der Waals surface area (Å²) in [4.78, 5) is 28.1. The fourth-order valence-corrected chi connectivity index (χ4v) is 4.23. The summed E-state index contributed by atoms with van der Waals surface area (Å²) in [5, 5.41) is 7.54. The molecule has 0 saturated heterocycles. The molecule has 1 aliphatic heterocycles. The van der Waals surface area contributed by atoms with E-state index < -0.39 is 0 Å². The van der Waals surface area contributed by atoms with Crippen molar-refractivity contribution in [2.75, 3.05) is 25.2 Å². The van der Waals surface area contributed by atoms with Gasteiger partial charge in [0.25, 0.3) is 5.91 Å². The second-order valence-electron chi connectivity index (χ2n) is 9.36. The quantitative estimate of drug-likeness (QED) is 0.352. The van der Waals surface area contributed by atoms with Gasteiger partial charge in [-0.3, -0.25) is 9.59 Å². The second-order valence-corrected chi connectivity index (χ2v) is 9.36. The molecule has 2 amide bonds. The molecule has 2 heterocycles. The lowest BCUT2D eigenvalue weighted by Crippen LogP contribution is -2.40. The van der Waals surface area contributed by atoms with Crippen LogP contribution in [0.15, 0.2) is 78.9 Å². The fraction of sp³-hybridized carbons (Fsp3) is 0.207. The Kier molecular flexibility index (Phi) is 7.08. The van der Waals surface area contributed by atoms with Crippen molar-refractivity contribution < 1.29 is 23.5 Å². The van der Waals surface area contributed by atoms with Crippen LogP contribution >= 0.6 is 0 Å². The average molecular weight is 515 g/mol.